The van der Waals surface area contributed by atoms with Crippen molar-refractivity contribution in [2.75, 3.05) is 6.54 Å². The quantitative estimate of drug-likeness (QED) is 0.257. The van der Waals surface area contributed by atoms with Crippen LogP contribution in [0.3, 0.4) is 0 Å². The van der Waals surface area contributed by atoms with Gasteiger partial charge in [0.05, 0.1) is 0 Å². The first-order valence-corrected chi connectivity index (χ1v) is 7.17. The molecule has 0 amide bonds. The van der Waals surface area contributed by atoms with Crippen LogP contribution in [0.4, 0.5) is 0 Å². The molecule has 4 N–H and O–H groups in total. The number of oxime groups is 1. The third-order valence-corrected chi connectivity index (χ3v) is 3.89. The monoisotopic (exact) mass is 255 g/mol. The summed E-state index contributed by atoms with van der Waals surface area (Å²) in [7, 11) is 0. The van der Waals surface area contributed by atoms with Crippen LogP contribution in [0.2, 0.25) is 0 Å². The van der Waals surface area contributed by atoms with Crippen molar-refractivity contribution in [2.24, 2.45) is 22.2 Å². The molecule has 4 nitrogen and oxygen atoms in total. The molecule has 106 valence electrons. The molecule has 1 rings (SSSR count). The predicted octanol–water partition coefficient (Wildman–Crippen LogP) is 2.71. The highest BCUT2D eigenvalue weighted by Gasteiger charge is 2.43. The van der Waals surface area contributed by atoms with Crippen molar-refractivity contribution >= 4 is 5.84 Å². The van der Waals surface area contributed by atoms with Gasteiger partial charge in [-0.3, -0.25) is 0 Å². The van der Waals surface area contributed by atoms with E-state index in [2.05, 4.69) is 31.2 Å². The SMILES string of the molecule is CC(C)CCCC(C)NCC1(CC(N)=NO)CC1. The Morgan fingerprint density at radius 1 is 1.33 bits per heavy atom. The van der Waals surface area contributed by atoms with Gasteiger partial charge < -0.3 is 16.3 Å². The van der Waals surface area contributed by atoms with Gasteiger partial charge in [0, 0.05) is 19.0 Å². The van der Waals surface area contributed by atoms with Crippen molar-refractivity contribution in [3.05, 3.63) is 0 Å². The van der Waals surface area contributed by atoms with E-state index < -0.39 is 0 Å². The van der Waals surface area contributed by atoms with Gasteiger partial charge in [-0.25, -0.2) is 0 Å². The van der Waals surface area contributed by atoms with Crippen LogP contribution < -0.4 is 11.1 Å². The van der Waals surface area contributed by atoms with Crippen molar-refractivity contribution in [1.29, 1.82) is 0 Å². The summed E-state index contributed by atoms with van der Waals surface area (Å²) >= 11 is 0. The zero-order valence-corrected chi connectivity index (χ0v) is 12.1. The maximum atomic E-state index is 8.61. The molecule has 0 aromatic carbocycles. The lowest BCUT2D eigenvalue weighted by atomic mass is 10.00. The topological polar surface area (TPSA) is 70.6 Å². The van der Waals surface area contributed by atoms with E-state index in [1.807, 2.05) is 0 Å². The van der Waals surface area contributed by atoms with E-state index >= 15 is 0 Å². The minimum absolute atomic E-state index is 0.266. The summed E-state index contributed by atoms with van der Waals surface area (Å²) in [5.41, 5.74) is 5.86. The Morgan fingerprint density at radius 3 is 2.50 bits per heavy atom. The van der Waals surface area contributed by atoms with Crippen LogP contribution in [0.1, 0.15) is 59.3 Å². The first kappa shape index (κ1) is 15.3. The normalized spacial score (nSPS) is 20.1. The number of hydrogen-bond acceptors (Lipinski definition) is 3. The number of nitrogens with zero attached hydrogens (tertiary/aromatic N) is 1. The maximum absolute atomic E-state index is 8.61. The van der Waals surface area contributed by atoms with E-state index in [-0.39, 0.29) is 5.41 Å². The van der Waals surface area contributed by atoms with Crippen LogP contribution in [0.5, 0.6) is 0 Å². The minimum atomic E-state index is 0.266. The van der Waals surface area contributed by atoms with Gasteiger partial charge in [-0.05, 0) is 37.5 Å². The van der Waals surface area contributed by atoms with Gasteiger partial charge in [-0.1, -0.05) is 31.8 Å². The van der Waals surface area contributed by atoms with Crippen molar-refractivity contribution < 1.29 is 5.21 Å². The van der Waals surface area contributed by atoms with E-state index in [0.29, 0.717) is 11.9 Å². The van der Waals surface area contributed by atoms with Crippen molar-refractivity contribution in [3.8, 4) is 0 Å². The lowest BCUT2D eigenvalue weighted by molar-refractivity contribution is 0.313. The Labute approximate surface area is 111 Å². The molecule has 1 saturated carbocycles. The standard InChI is InChI=1S/C14H29N3O/c1-11(2)5-4-6-12(3)16-10-14(7-8-14)9-13(15)17-18/h11-12,16,18H,4-10H2,1-3H3,(H2,15,17). The Bertz CT molecular complexity index is 272. The Hall–Kier alpha value is -0.770. The molecule has 0 aromatic rings. The molecule has 0 aliphatic heterocycles. The van der Waals surface area contributed by atoms with Crippen LogP contribution in [0.25, 0.3) is 0 Å². The van der Waals surface area contributed by atoms with Crippen LogP contribution in [-0.2, 0) is 0 Å². The maximum Gasteiger partial charge on any atom is 0.139 e. The fourth-order valence-electron chi connectivity index (χ4n) is 2.34. The van der Waals surface area contributed by atoms with E-state index in [1.165, 1.54) is 32.1 Å². The fraction of sp³-hybridized carbons (Fsp3) is 0.929. The number of amidine groups is 1. The molecule has 1 aliphatic carbocycles. The summed E-state index contributed by atoms with van der Waals surface area (Å²) < 4.78 is 0. The molecule has 0 saturated heterocycles. The number of hydrogen-bond donors (Lipinski definition) is 3. The van der Waals surface area contributed by atoms with Crippen molar-refractivity contribution in [2.45, 2.75) is 65.3 Å². The zero-order chi connectivity index (χ0) is 13.6. The fourth-order valence-corrected chi connectivity index (χ4v) is 2.34. The predicted molar refractivity (Wildman–Crippen MR) is 75.8 cm³/mol. The summed E-state index contributed by atoms with van der Waals surface area (Å²) in [6.45, 7) is 7.79. The van der Waals surface area contributed by atoms with Gasteiger partial charge >= 0.3 is 0 Å². The molecule has 1 unspecified atom stereocenters. The summed E-state index contributed by atoms with van der Waals surface area (Å²) in [5.74, 6) is 1.16. The second-order valence-electron chi connectivity index (χ2n) is 6.37. The van der Waals surface area contributed by atoms with Crippen molar-refractivity contribution in [1.82, 2.24) is 5.32 Å². The van der Waals surface area contributed by atoms with Crippen LogP contribution in [0.15, 0.2) is 5.16 Å². The first-order valence-electron chi connectivity index (χ1n) is 7.17. The van der Waals surface area contributed by atoms with Gasteiger partial charge in [0.15, 0.2) is 0 Å². The molecule has 4 heteroatoms. The van der Waals surface area contributed by atoms with E-state index in [4.69, 9.17) is 10.9 Å². The van der Waals surface area contributed by atoms with Crippen LogP contribution in [-0.4, -0.2) is 23.6 Å². The summed E-state index contributed by atoms with van der Waals surface area (Å²) in [4.78, 5) is 0. The number of nitrogens with two attached hydrogens (primary N) is 1. The molecule has 1 atom stereocenters. The zero-order valence-electron chi connectivity index (χ0n) is 12.1. The molecular weight excluding hydrogens is 226 g/mol. The molecule has 0 aromatic heterocycles. The highest BCUT2D eigenvalue weighted by molar-refractivity contribution is 5.80. The summed E-state index contributed by atoms with van der Waals surface area (Å²) in [6.07, 6.45) is 6.93. The number of nitrogens with one attached hydrogen (secondary N) is 1. The molecule has 1 aliphatic rings. The van der Waals surface area contributed by atoms with Crippen molar-refractivity contribution in [3.63, 3.8) is 0 Å². The lowest BCUT2D eigenvalue weighted by Crippen LogP contribution is -2.34. The Kier molecular flexibility index (Phi) is 5.93. The van der Waals surface area contributed by atoms with Crippen LogP contribution in [0, 0.1) is 11.3 Å². The molecule has 0 heterocycles. The van der Waals surface area contributed by atoms with Gasteiger partial charge in [-0.15, -0.1) is 0 Å². The smallest absolute Gasteiger partial charge is 0.139 e. The summed E-state index contributed by atoms with van der Waals surface area (Å²) in [6, 6.07) is 0.563. The minimum Gasteiger partial charge on any atom is -0.409 e. The molecular formula is C14H29N3O. The first-order chi connectivity index (χ1) is 8.47. The Balaban J connectivity index is 2.16. The van der Waals surface area contributed by atoms with E-state index in [1.54, 1.807) is 0 Å². The number of rotatable bonds is 9. The van der Waals surface area contributed by atoms with Gasteiger partial charge in [0.2, 0.25) is 0 Å². The highest BCUT2D eigenvalue weighted by atomic mass is 16.4. The molecule has 0 spiro atoms. The summed E-state index contributed by atoms with van der Waals surface area (Å²) in [5, 5.41) is 15.3. The third-order valence-electron chi connectivity index (χ3n) is 3.89. The largest absolute Gasteiger partial charge is 0.409 e. The second-order valence-corrected chi connectivity index (χ2v) is 6.37. The molecule has 1 fully saturated rings. The Morgan fingerprint density at radius 2 is 2.00 bits per heavy atom. The molecule has 0 bridgehead atoms. The third kappa shape index (κ3) is 5.71. The lowest BCUT2D eigenvalue weighted by Gasteiger charge is -2.20. The van der Waals surface area contributed by atoms with Crippen LogP contribution >= 0.6 is 0 Å². The second kappa shape index (κ2) is 6.98. The average Bonchev–Trinajstić information content (AvgIpc) is 3.06. The van der Waals surface area contributed by atoms with E-state index in [9.17, 15) is 0 Å². The van der Waals surface area contributed by atoms with Gasteiger partial charge in [0.25, 0.3) is 0 Å². The van der Waals surface area contributed by atoms with E-state index in [0.717, 1.165) is 18.9 Å². The molecule has 0 radical (unpaired) electrons. The molecule has 18 heavy (non-hydrogen) atoms. The van der Waals surface area contributed by atoms with Gasteiger partial charge in [-0.2, -0.15) is 0 Å². The highest BCUT2D eigenvalue weighted by Crippen LogP contribution is 2.48. The van der Waals surface area contributed by atoms with Gasteiger partial charge in [0.1, 0.15) is 5.84 Å². The average molecular weight is 255 g/mol.